The van der Waals surface area contributed by atoms with Crippen molar-refractivity contribution < 1.29 is 13.7 Å². The highest BCUT2D eigenvalue weighted by Gasteiger charge is 2.52. The molecule has 1 fully saturated rings. The maximum atomic E-state index is 14.2. The van der Waals surface area contributed by atoms with Crippen LogP contribution < -0.4 is 0 Å². The number of nitrogens with zero attached hydrogens (tertiary/aromatic N) is 1. The summed E-state index contributed by atoms with van der Waals surface area (Å²) in [6.07, 6.45) is 1.36. The lowest BCUT2D eigenvalue weighted by Gasteiger charge is -2.32. The molecule has 0 N–H and O–H groups in total. The average Bonchev–Trinajstić information content (AvgIpc) is 2.59. The van der Waals surface area contributed by atoms with Gasteiger partial charge in [-0.2, -0.15) is 5.26 Å². The first-order valence-corrected chi connectivity index (χ1v) is 6.48. The molecule has 2 rings (SSSR count). The van der Waals surface area contributed by atoms with Crippen LogP contribution in [0.2, 0.25) is 0 Å². The summed E-state index contributed by atoms with van der Waals surface area (Å²) in [7, 11) is -0.990. The van der Waals surface area contributed by atoms with Crippen molar-refractivity contribution in [1.29, 1.82) is 5.26 Å². The van der Waals surface area contributed by atoms with Gasteiger partial charge in [-0.05, 0) is 51.5 Å². The summed E-state index contributed by atoms with van der Waals surface area (Å²) in [4.78, 5) is 0. The Morgan fingerprint density at radius 3 is 2.10 bits per heavy atom. The molecule has 0 amide bonds. The lowest BCUT2D eigenvalue weighted by molar-refractivity contribution is 0.00578. The van der Waals surface area contributed by atoms with E-state index in [9.17, 15) is 4.39 Å². The van der Waals surface area contributed by atoms with Crippen molar-refractivity contribution in [3.63, 3.8) is 0 Å². The van der Waals surface area contributed by atoms with Gasteiger partial charge in [0.05, 0.1) is 22.8 Å². The molecule has 1 aliphatic rings. The van der Waals surface area contributed by atoms with Gasteiger partial charge in [-0.1, -0.05) is 12.1 Å². The lowest BCUT2D eigenvalue weighted by Crippen LogP contribution is -2.41. The predicted molar refractivity (Wildman–Crippen MR) is 76.3 cm³/mol. The lowest BCUT2D eigenvalue weighted by atomic mass is 9.87. The fourth-order valence-corrected chi connectivity index (χ4v) is 1.84. The maximum absolute atomic E-state index is 14.2. The normalized spacial score (nSPS) is 20.8. The van der Waals surface area contributed by atoms with Crippen molar-refractivity contribution in [2.45, 2.75) is 38.9 Å². The molecule has 0 radical (unpaired) electrons. The number of rotatable bonds is 2. The number of hydrogen-bond acceptors (Lipinski definition) is 3. The summed E-state index contributed by atoms with van der Waals surface area (Å²) in [5.74, 6) is 0. The molecular formula is C15H17BFNO2. The first-order chi connectivity index (χ1) is 9.25. The molecule has 0 bridgehead atoms. The van der Waals surface area contributed by atoms with E-state index in [0.29, 0.717) is 11.1 Å². The van der Waals surface area contributed by atoms with E-state index in [1.807, 2.05) is 33.8 Å². The Morgan fingerprint density at radius 2 is 1.65 bits per heavy atom. The molecule has 0 spiro atoms. The molecule has 1 aromatic rings. The van der Waals surface area contributed by atoms with Crippen molar-refractivity contribution in [2.24, 2.45) is 0 Å². The van der Waals surface area contributed by atoms with E-state index in [2.05, 4.69) is 0 Å². The molecule has 0 atom stereocenters. The van der Waals surface area contributed by atoms with Gasteiger partial charge in [0, 0.05) is 0 Å². The van der Waals surface area contributed by atoms with Crippen LogP contribution in [0, 0.1) is 11.3 Å². The van der Waals surface area contributed by atoms with Gasteiger partial charge >= 0.3 is 7.12 Å². The van der Waals surface area contributed by atoms with Gasteiger partial charge in [-0.3, -0.25) is 0 Å². The molecule has 0 aliphatic carbocycles. The van der Waals surface area contributed by atoms with Crippen LogP contribution >= 0.6 is 0 Å². The van der Waals surface area contributed by atoms with Crippen LogP contribution in [0.15, 0.2) is 30.0 Å². The number of halogens is 1. The second-order valence-corrected chi connectivity index (χ2v) is 5.85. The molecule has 1 aliphatic heterocycles. The van der Waals surface area contributed by atoms with E-state index < -0.39 is 24.0 Å². The molecule has 5 heteroatoms. The highest BCUT2D eigenvalue weighted by atomic mass is 19.1. The summed E-state index contributed by atoms with van der Waals surface area (Å²) in [5.41, 5.74) is -0.399. The van der Waals surface area contributed by atoms with Crippen LogP contribution in [-0.2, 0) is 9.31 Å². The summed E-state index contributed by atoms with van der Waals surface area (Å²) in [6.45, 7) is 7.51. The van der Waals surface area contributed by atoms with Gasteiger partial charge in [-0.25, -0.2) is 4.39 Å². The van der Waals surface area contributed by atoms with Crippen molar-refractivity contribution in [1.82, 2.24) is 0 Å². The fraction of sp³-hybridized carbons (Fsp3) is 0.400. The molecule has 3 nitrogen and oxygen atoms in total. The van der Waals surface area contributed by atoms with E-state index in [0.717, 1.165) is 0 Å². The van der Waals surface area contributed by atoms with E-state index in [1.54, 1.807) is 24.3 Å². The molecular weight excluding hydrogens is 256 g/mol. The van der Waals surface area contributed by atoms with Gasteiger partial charge in [0.25, 0.3) is 0 Å². The zero-order valence-corrected chi connectivity index (χ0v) is 12.1. The van der Waals surface area contributed by atoms with Crippen molar-refractivity contribution in [2.75, 3.05) is 0 Å². The first-order valence-electron chi connectivity index (χ1n) is 6.48. The van der Waals surface area contributed by atoms with Crippen LogP contribution in [0.25, 0.3) is 6.08 Å². The molecule has 104 valence electrons. The third-order valence-corrected chi connectivity index (χ3v) is 3.82. The monoisotopic (exact) mass is 273 g/mol. The van der Waals surface area contributed by atoms with Gasteiger partial charge in [0.2, 0.25) is 0 Å². The van der Waals surface area contributed by atoms with Gasteiger partial charge in [0.15, 0.2) is 0 Å². The first kappa shape index (κ1) is 14.8. The Kier molecular flexibility index (Phi) is 3.72. The summed E-state index contributed by atoms with van der Waals surface area (Å²) in [6, 6.07) is 8.67. The highest BCUT2D eigenvalue weighted by Crippen LogP contribution is 2.39. The Hall–Kier alpha value is -1.64. The topological polar surface area (TPSA) is 42.2 Å². The van der Waals surface area contributed by atoms with Crippen molar-refractivity contribution in [3.8, 4) is 6.07 Å². The summed E-state index contributed by atoms with van der Waals surface area (Å²) in [5, 5.41) is 8.72. The molecule has 0 unspecified atom stereocenters. The van der Waals surface area contributed by atoms with Gasteiger partial charge < -0.3 is 9.31 Å². The van der Waals surface area contributed by atoms with Crippen molar-refractivity contribution >= 4 is 13.2 Å². The minimum atomic E-state index is -0.990. The Labute approximate surface area is 119 Å². The largest absolute Gasteiger partial charge is 0.525 e. The molecule has 1 saturated heterocycles. The second kappa shape index (κ2) is 5.04. The molecule has 1 heterocycles. The molecule has 0 aromatic heterocycles. The maximum Gasteiger partial charge on any atom is 0.525 e. The number of nitriles is 1. The van der Waals surface area contributed by atoms with Crippen LogP contribution in [0.5, 0.6) is 0 Å². The summed E-state index contributed by atoms with van der Waals surface area (Å²) < 4.78 is 25.5. The molecule has 20 heavy (non-hydrogen) atoms. The zero-order chi connectivity index (χ0) is 15.0. The van der Waals surface area contributed by atoms with Gasteiger partial charge in [0.1, 0.15) is 5.73 Å². The smallest absolute Gasteiger partial charge is 0.398 e. The Bertz CT molecular complexity index is 557. The van der Waals surface area contributed by atoms with Crippen LogP contribution in [0.3, 0.4) is 0 Å². The minimum absolute atomic E-state index is 0.478. The van der Waals surface area contributed by atoms with E-state index in [1.165, 1.54) is 6.08 Å². The average molecular weight is 273 g/mol. The van der Waals surface area contributed by atoms with Crippen LogP contribution in [-0.4, -0.2) is 18.3 Å². The number of hydrogen-bond donors (Lipinski definition) is 0. The zero-order valence-electron chi connectivity index (χ0n) is 12.1. The molecule has 1 aromatic carbocycles. The second-order valence-electron chi connectivity index (χ2n) is 5.85. The Morgan fingerprint density at radius 1 is 1.15 bits per heavy atom. The standard InChI is InChI=1S/C15H17BFNO2/c1-14(2)15(3,4)20-16(19-14)13(17)9-11-5-7-12(10-18)8-6-11/h5-9H,1-4H3/b13-9-. The molecule has 0 saturated carbocycles. The van der Waals surface area contributed by atoms with Crippen LogP contribution in [0.4, 0.5) is 4.39 Å². The van der Waals surface area contributed by atoms with Crippen molar-refractivity contribution in [3.05, 3.63) is 41.1 Å². The predicted octanol–water partition coefficient (Wildman–Crippen LogP) is 3.50. The number of benzene rings is 1. The van der Waals surface area contributed by atoms with E-state index in [-0.39, 0.29) is 0 Å². The summed E-state index contributed by atoms with van der Waals surface area (Å²) >= 11 is 0. The van der Waals surface area contributed by atoms with E-state index >= 15 is 0 Å². The van der Waals surface area contributed by atoms with E-state index in [4.69, 9.17) is 14.6 Å². The van der Waals surface area contributed by atoms with Gasteiger partial charge in [-0.15, -0.1) is 0 Å². The van der Waals surface area contributed by atoms with Crippen LogP contribution in [0.1, 0.15) is 38.8 Å². The quantitative estimate of drug-likeness (QED) is 0.774. The minimum Gasteiger partial charge on any atom is -0.398 e. The SMILES string of the molecule is CC1(C)OB(/C(F)=C/c2ccc(C#N)cc2)OC1(C)C. The fourth-order valence-electron chi connectivity index (χ4n) is 1.84. The Balaban J connectivity index is 2.18. The third kappa shape index (κ3) is 2.77. The third-order valence-electron chi connectivity index (χ3n) is 3.82. The highest BCUT2D eigenvalue weighted by molar-refractivity contribution is 6.54.